The lowest BCUT2D eigenvalue weighted by Crippen LogP contribution is -2.54. The Morgan fingerprint density at radius 3 is 2.14 bits per heavy atom. The van der Waals surface area contributed by atoms with Crippen LogP contribution in [-0.4, -0.2) is 54.0 Å². The normalized spacial score (nSPS) is 32.2. The predicted molar refractivity (Wildman–Crippen MR) is 128 cm³/mol. The van der Waals surface area contributed by atoms with Gasteiger partial charge in [-0.05, 0) is 43.2 Å². The van der Waals surface area contributed by atoms with Crippen molar-refractivity contribution in [1.29, 1.82) is 0 Å². The Labute approximate surface area is 206 Å². The minimum absolute atomic E-state index is 0.132. The highest BCUT2D eigenvalue weighted by Crippen LogP contribution is 2.59. The van der Waals surface area contributed by atoms with Gasteiger partial charge >= 0.3 is 17.9 Å². The summed E-state index contributed by atoms with van der Waals surface area (Å²) in [6, 6.07) is 6.58. The molecule has 0 radical (unpaired) electrons. The first kappa shape index (κ1) is 26.7. The highest BCUT2D eigenvalue weighted by atomic mass is 16.6. The van der Waals surface area contributed by atoms with E-state index < -0.39 is 53.2 Å². The fraction of sp³-hybridized carbons (Fsp3) is 0.593. The second kappa shape index (κ2) is 10.0. The predicted octanol–water partition coefficient (Wildman–Crippen LogP) is 3.85. The van der Waals surface area contributed by atoms with Crippen LogP contribution in [-0.2, 0) is 23.8 Å². The molecule has 0 saturated heterocycles. The van der Waals surface area contributed by atoms with Gasteiger partial charge in [0.1, 0.15) is 24.1 Å². The standard InChI is InChI=1S/C27H36O8/c1-15(2)27(31)14-23(34-18(5)29)26(6)22(33-17(4)28)13-16(3)12-21(24(26)27)35-25(30)19-8-10-20(32-7)11-9-19/h8-11,13,15,21-24,31H,12,14H2,1-7H3/t21-,22-,23-,24+,26-,27+/m1/s1. The summed E-state index contributed by atoms with van der Waals surface area (Å²) in [4.78, 5) is 37.3. The number of hydrogen-bond donors (Lipinski definition) is 1. The summed E-state index contributed by atoms with van der Waals surface area (Å²) in [5, 5.41) is 12.0. The van der Waals surface area contributed by atoms with E-state index >= 15 is 0 Å². The maximum Gasteiger partial charge on any atom is 0.338 e. The van der Waals surface area contributed by atoms with E-state index in [9.17, 15) is 19.5 Å². The lowest BCUT2D eigenvalue weighted by Gasteiger charge is -2.45. The van der Waals surface area contributed by atoms with Crippen molar-refractivity contribution in [2.45, 2.75) is 78.3 Å². The van der Waals surface area contributed by atoms with Crippen molar-refractivity contribution < 1.29 is 38.4 Å². The number of fused-ring (bicyclic) bond motifs is 1. The molecule has 0 bridgehead atoms. The summed E-state index contributed by atoms with van der Waals surface area (Å²) in [7, 11) is 1.54. The summed E-state index contributed by atoms with van der Waals surface area (Å²) in [6.45, 7) is 10.1. The maximum atomic E-state index is 13.2. The van der Waals surface area contributed by atoms with Gasteiger partial charge in [0.2, 0.25) is 0 Å². The van der Waals surface area contributed by atoms with Gasteiger partial charge in [-0.25, -0.2) is 4.79 Å². The number of methoxy groups -OCH3 is 1. The van der Waals surface area contributed by atoms with Crippen molar-refractivity contribution in [2.24, 2.45) is 17.3 Å². The Bertz CT molecular complexity index is 997. The zero-order valence-electron chi connectivity index (χ0n) is 21.5. The molecular formula is C27H36O8. The van der Waals surface area contributed by atoms with Crippen LogP contribution in [0.5, 0.6) is 5.75 Å². The monoisotopic (exact) mass is 488 g/mol. The van der Waals surface area contributed by atoms with Crippen molar-refractivity contribution in [3.05, 3.63) is 41.5 Å². The molecule has 1 saturated carbocycles. The van der Waals surface area contributed by atoms with E-state index in [0.717, 1.165) is 5.57 Å². The Morgan fingerprint density at radius 1 is 1.03 bits per heavy atom. The number of carbonyl (C=O) groups is 3. The molecule has 35 heavy (non-hydrogen) atoms. The van der Waals surface area contributed by atoms with E-state index in [0.29, 0.717) is 17.7 Å². The van der Waals surface area contributed by atoms with Crippen LogP contribution in [0.2, 0.25) is 0 Å². The molecule has 3 rings (SSSR count). The van der Waals surface area contributed by atoms with E-state index in [1.165, 1.54) is 13.8 Å². The molecule has 1 aromatic carbocycles. The molecule has 0 spiro atoms. The molecular weight excluding hydrogens is 452 g/mol. The first-order chi connectivity index (χ1) is 16.3. The molecule has 6 atom stereocenters. The molecule has 0 aliphatic heterocycles. The van der Waals surface area contributed by atoms with E-state index in [4.69, 9.17) is 18.9 Å². The first-order valence-corrected chi connectivity index (χ1v) is 11.9. The van der Waals surface area contributed by atoms with Gasteiger partial charge in [0, 0.05) is 32.6 Å². The molecule has 8 heteroatoms. The Kier molecular flexibility index (Phi) is 7.65. The average Bonchev–Trinajstić information content (AvgIpc) is 2.93. The maximum absolute atomic E-state index is 13.2. The van der Waals surface area contributed by atoms with Crippen LogP contribution in [0.25, 0.3) is 0 Å². The third-order valence-corrected chi connectivity index (χ3v) is 7.54. The quantitative estimate of drug-likeness (QED) is 0.365. The third-order valence-electron chi connectivity index (χ3n) is 7.54. The van der Waals surface area contributed by atoms with E-state index in [1.54, 1.807) is 31.4 Å². The molecule has 1 aromatic rings. The van der Waals surface area contributed by atoms with Crippen molar-refractivity contribution in [1.82, 2.24) is 0 Å². The highest BCUT2D eigenvalue weighted by molar-refractivity contribution is 5.89. The van der Waals surface area contributed by atoms with Crippen LogP contribution in [0.15, 0.2) is 35.9 Å². The van der Waals surface area contributed by atoms with Gasteiger partial charge < -0.3 is 24.1 Å². The molecule has 192 valence electrons. The molecule has 0 amide bonds. The Hall–Kier alpha value is -2.87. The number of rotatable bonds is 6. The smallest absolute Gasteiger partial charge is 0.338 e. The number of ether oxygens (including phenoxy) is 4. The number of carbonyl (C=O) groups excluding carboxylic acids is 3. The van der Waals surface area contributed by atoms with E-state index in [2.05, 4.69) is 0 Å². The fourth-order valence-corrected chi connectivity index (χ4v) is 5.75. The van der Waals surface area contributed by atoms with Gasteiger partial charge in [-0.2, -0.15) is 0 Å². The summed E-state index contributed by atoms with van der Waals surface area (Å²) < 4.78 is 22.7. The minimum Gasteiger partial charge on any atom is -0.497 e. The summed E-state index contributed by atoms with van der Waals surface area (Å²) in [5.41, 5.74) is -1.21. The first-order valence-electron chi connectivity index (χ1n) is 11.9. The fourth-order valence-electron chi connectivity index (χ4n) is 5.75. The van der Waals surface area contributed by atoms with Crippen LogP contribution >= 0.6 is 0 Å². The zero-order chi connectivity index (χ0) is 26.1. The average molecular weight is 489 g/mol. The van der Waals surface area contributed by atoms with Crippen LogP contribution < -0.4 is 4.74 Å². The molecule has 8 nitrogen and oxygen atoms in total. The summed E-state index contributed by atoms with van der Waals surface area (Å²) >= 11 is 0. The second-order valence-electron chi connectivity index (χ2n) is 10.2. The van der Waals surface area contributed by atoms with Gasteiger partial charge in [0.15, 0.2) is 0 Å². The van der Waals surface area contributed by atoms with Gasteiger partial charge in [-0.15, -0.1) is 0 Å². The Morgan fingerprint density at radius 2 is 1.63 bits per heavy atom. The largest absolute Gasteiger partial charge is 0.497 e. The molecule has 1 fully saturated rings. The topological polar surface area (TPSA) is 108 Å². The molecule has 2 aliphatic rings. The lowest BCUT2D eigenvalue weighted by molar-refractivity contribution is -0.174. The van der Waals surface area contributed by atoms with Gasteiger partial charge in [0.25, 0.3) is 0 Å². The molecule has 0 heterocycles. The molecule has 0 unspecified atom stereocenters. The van der Waals surface area contributed by atoms with Gasteiger partial charge in [-0.3, -0.25) is 9.59 Å². The number of esters is 3. The Balaban J connectivity index is 2.10. The summed E-state index contributed by atoms with van der Waals surface area (Å²) in [5.74, 6) is -1.86. The van der Waals surface area contributed by atoms with Gasteiger partial charge in [0.05, 0.1) is 23.7 Å². The lowest BCUT2D eigenvalue weighted by atomic mass is 9.66. The van der Waals surface area contributed by atoms with Crippen molar-refractivity contribution in [3.8, 4) is 5.75 Å². The van der Waals surface area contributed by atoms with Gasteiger partial charge in [-0.1, -0.05) is 26.3 Å². The molecule has 2 aliphatic carbocycles. The second-order valence-corrected chi connectivity index (χ2v) is 10.2. The van der Waals surface area contributed by atoms with E-state index in [1.807, 2.05) is 33.8 Å². The summed E-state index contributed by atoms with van der Waals surface area (Å²) in [6.07, 6.45) is -0.00990. The molecule has 0 aromatic heterocycles. The van der Waals surface area contributed by atoms with Crippen LogP contribution in [0, 0.1) is 17.3 Å². The number of benzene rings is 1. The van der Waals surface area contributed by atoms with E-state index in [-0.39, 0.29) is 12.3 Å². The van der Waals surface area contributed by atoms with Crippen molar-refractivity contribution in [2.75, 3.05) is 7.11 Å². The van der Waals surface area contributed by atoms with Crippen molar-refractivity contribution >= 4 is 17.9 Å². The minimum atomic E-state index is -1.35. The number of aliphatic hydroxyl groups is 1. The SMILES string of the molecule is COc1ccc(C(=O)O[C@@H]2CC(C)=C[C@@H](OC(C)=O)[C@]3(C)[C@H](OC(C)=O)C[C@](O)(C(C)C)[C@@H]23)cc1. The molecule has 1 N–H and O–H groups in total. The third kappa shape index (κ3) is 5.08. The van der Waals surface area contributed by atoms with Crippen LogP contribution in [0.4, 0.5) is 0 Å². The number of hydrogen-bond acceptors (Lipinski definition) is 8. The highest BCUT2D eigenvalue weighted by Gasteiger charge is 2.68. The van der Waals surface area contributed by atoms with Crippen LogP contribution in [0.1, 0.15) is 64.7 Å². The van der Waals surface area contributed by atoms with Crippen LogP contribution in [0.3, 0.4) is 0 Å². The zero-order valence-corrected chi connectivity index (χ0v) is 21.5. The van der Waals surface area contributed by atoms with Crippen molar-refractivity contribution in [3.63, 3.8) is 0 Å².